The lowest BCUT2D eigenvalue weighted by atomic mass is 9.71. The van der Waals surface area contributed by atoms with E-state index < -0.39 is 0 Å². The second-order valence-corrected chi connectivity index (χ2v) is 7.29. The van der Waals surface area contributed by atoms with Gasteiger partial charge in [0, 0.05) is 25.2 Å². The van der Waals surface area contributed by atoms with E-state index in [9.17, 15) is 0 Å². The Kier molecular flexibility index (Phi) is 2.88. The summed E-state index contributed by atoms with van der Waals surface area (Å²) in [4.78, 5) is 6.76. The zero-order valence-electron chi connectivity index (χ0n) is 11.2. The summed E-state index contributed by atoms with van der Waals surface area (Å²) in [6, 6.07) is 1.69. The largest absolute Gasteiger partial charge is 0.363 e. The summed E-state index contributed by atoms with van der Waals surface area (Å²) in [6.45, 7) is 4.01. The maximum Gasteiger partial charge on any atom is 0.0782 e. The molecule has 0 aromatic carbocycles. The fraction of sp³-hybridized carbons (Fsp3) is 0.933. The molecular formula is C15H24N2S. The molecule has 0 aliphatic carbocycles. The summed E-state index contributed by atoms with van der Waals surface area (Å²) < 4.78 is 0. The first-order valence-corrected chi connectivity index (χ1v) is 8.27. The normalized spacial score (nSPS) is 44.4. The Bertz CT molecular complexity index is 356. The van der Waals surface area contributed by atoms with Crippen molar-refractivity contribution in [2.75, 3.05) is 19.6 Å². The lowest BCUT2D eigenvalue weighted by molar-refractivity contribution is -0.0440. The van der Waals surface area contributed by atoms with E-state index in [1.165, 1.54) is 69.6 Å². The molecule has 18 heavy (non-hydrogen) atoms. The van der Waals surface area contributed by atoms with Crippen LogP contribution in [0.4, 0.5) is 0 Å². The number of nitrogens with zero attached hydrogens (tertiary/aromatic N) is 2. The fourth-order valence-corrected chi connectivity index (χ4v) is 5.46. The van der Waals surface area contributed by atoms with Crippen molar-refractivity contribution >= 4 is 17.2 Å². The second-order valence-electron chi connectivity index (χ2n) is 6.82. The van der Waals surface area contributed by atoms with Crippen LogP contribution in [0, 0.1) is 11.8 Å². The predicted octanol–water partition coefficient (Wildman–Crippen LogP) is 2.67. The summed E-state index contributed by atoms with van der Waals surface area (Å²) in [5, 5.41) is 0. The molecule has 4 heterocycles. The SMILES string of the molecule is S=C1CCC[C@H]2[C@H]3C[C@@H](CN12)[C@H]1CCCCN1C3. The molecule has 0 saturated carbocycles. The van der Waals surface area contributed by atoms with Crippen molar-refractivity contribution in [3.8, 4) is 0 Å². The molecule has 4 rings (SSSR count). The van der Waals surface area contributed by atoms with Crippen LogP contribution in [-0.4, -0.2) is 46.5 Å². The average Bonchev–Trinajstić information content (AvgIpc) is 2.40. The van der Waals surface area contributed by atoms with Crippen LogP contribution in [0.3, 0.4) is 0 Å². The smallest absolute Gasteiger partial charge is 0.0782 e. The molecule has 0 radical (unpaired) electrons. The first-order valence-electron chi connectivity index (χ1n) is 7.86. The van der Waals surface area contributed by atoms with Gasteiger partial charge in [-0.1, -0.05) is 18.6 Å². The van der Waals surface area contributed by atoms with Gasteiger partial charge in [0.2, 0.25) is 0 Å². The van der Waals surface area contributed by atoms with Crippen LogP contribution in [0.15, 0.2) is 0 Å². The third-order valence-corrected chi connectivity index (χ3v) is 6.31. The molecule has 100 valence electrons. The fourth-order valence-electron chi connectivity index (χ4n) is 5.10. The first kappa shape index (κ1) is 11.7. The molecule has 0 aromatic rings. The zero-order valence-corrected chi connectivity index (χ0v) is 12.0. The second kappa shape index (κ2) is 4.45. The maximum atomic E-state index is 5.64. The lowest BCUT2D eigenvalue weighted by Gasteiger charge is -2.57. The average molecular weight is 264 g/mol. The highest BCUT2D eigenvalue weighted by atomic mass is 32.1. The zero-order chi connectivity index (χ0) is 12.1. The van der Waals surface area contributed by atoms with E-state index in [1.807, 2.05) is 0 Å². The van der Waals surface area contributed by atoms with E-state index in [4.69, 9.17) is 12.2 Å². The van der Waals surface area contributed by atoms with E-state index in [2.05, 4.69) is 9.80 Å². The van der Waals surface area contributed by atoms with Gasteiger partial charge in [-0.25, -0.2) is 0 Å². The minimum atomic E-state index is 0.797. The van der Waals surface area contributed by atoms with Crippen LogP contribution in [0.25, 0.3) is 0 Å². The summed E-state index contributed by atoms with van der Waals surface area (Å²) >= 11 is 5.64. The molecule has 4 aliphatic heterocycles. The number of piperidine rings is 4. The maximum absolute atomic E-state index is 5.64. The first-order chi connectivity index (χ1) is 8.83. The molecule has 0 spiro atoms. The number of hydrogen-bond acceptors (Lipinski definition) is 2. The number of rotatable bonds is 0. The molecular weight excluding hydrogens is 240 g/mol. The molecule has 4 fully saturated rings. The molecule has 0 amide bonds. The van der Waals surface area contributed by atoms with Crippen LogP contribution in [0.1, 0.15) is 44.9 Å². The number of thiocarbonyl (C=S) groups is 1. The van der Waals surface area contributed by atoms with E-state index in [0.29, 0.717) is 0 Å². The highest BCUT2D eigenvalue weighted by Crippen LogP contribution is 2.43. The van der Waals surface area contributed by atoms with Gasteiger partial charge in [0.25, 0.3) is 0 Å². The van der Waals surface area contributed by atoms with Gasteiger partial charge in [0.1, 0.15) is 0 Å². The van der Waals surface area contributed by atoms with Crippen molar-refractivity contribution in [3.05, 3.63) is 0 Å². The predicted molar refractivity (Wildman–Crippen MR) is 77.8 cm³/mol. The Morgan fingerprint density at radius 1 is 0.944 bits per heavy atom. The van der Waals surface area contributed by atoms with Crippen molar-refractivity contribution in [2.24, 2.45) is 11.8 Å². The lowest BCUT2D eigenvalue weighted by Crippen LogP contribution is -2.64. The third-order valence-electron chi connectivity index (χ3n) is 5.87. The van der Waals surface area contributed by atoms with Crippen molar-refractivity contribution in [1.29, 1.82) is 0 Å². The van der Waals surface area contributed by atoms with Gasteiger partial charge in [0.05, 0.1) is 4.99 Å². The van der Waals surface area contributed by atoms with Gasteiger partial charge < -0.3 is 4.90 Å². The minimum Gasteiger partial charge on any atom is -0.363 e. The Morgan fingerprint density at radius 3 is 2.72 bits per heavy atom. The van der Waals surface area contributed by atoms with Crippen molar-refractivity contribution in [1.82, 2.24) is 9.80 Å². The van der Waals surface area contributed by atoms with Crippen molar-refractivity contribution < 1.29 is 0 Å². The number of fused-ring (bicyclic) bond motifs is 6. The molecule has 0 aromatic heterocycles. The van der Waals surface area contributed by atoms with Gasteiger partial charge in [-0.2, -0.15) is 0 Å². The van der Waals surface area contributed by atoms with Gasteiger partial charge in [0.15, 0.2) is 0 Å². The van der Waals surface area contributed by atoms with Gasteiger partial charge in [-0.3, -0.25) is 4.90 Å². The summed E-state index contributed by atoms with van der Waals surface area (Å²) in [6.07, 6.45) is 9.74. The van der Waals surface area contributed by atoms with Gasteiger partial charge >= 0.3 is 0 Å². The highest BCUT2D eigenvalue weighted by molar-refractivity contribution is 7.80. The van der Waals surface area contributed by atoms with Crippen LogP contribution >= 0.6 is 12.2 Å². The monoisotopic (exact) mass is 264 g/mol. The third kappa shape index (κ3) is 1.74. The Labute approximate surface area is 116 Å². The van der Waals surface area contributed by atoms with E-state index >= 15 is 0 Å². The van der Waals surface area contributed by atoms with Crippen LogP contribution in [0.2, 0.25) is 0 Å². The standard InChI is InChI=1S/C15H24N2S/c18-15-6-3-5-14-11-8-12(10-17(14)15)13-4-1-2-7-16(13)9-11/h11-14H,1-10H2/t11-,12-,13+,14-/m0/s1. The Morgan fingerprint density at radius 2 is 1.78 bits per heavy atom. The van der Waals surface area contributed by atoms with Crippen LogP contribution < -0.4 is 0 Å². The van der Waals surface area contributed by atoms with E-state index in [0.717, 1.165) is 23.9 Å². The van der Waals surface area contributed by atoms with Crippen molar-refractivity contribution in [3.63, 3.8) is 0 Å². The van der Waals surface area contributed by atoms with Gasteiger partial charge in [-0.15, -0.1) is 0 Å². The number of hydrogen-bond donors (Lipinski definition) is 0. The van der Waals surface area contributed by atoms with Crippen LogP contribution in [-0.2, 0) is 0 Å². The van der Waals surface area contributed by atoms with E-state index in [1.54, 1.807) is 0 Å². The molecule has 3 heteroatoms. The molecule has 0 unspecified atom stereocenters. The minimum absolute atomic E-state index is 0.797. The topological polar surface area (TPSA) is 6.48 Å². The summed E-state index contributed by atoms with van der Waals surface area (Å²) in [5.41, 5.74) is 0. The van der Waals surface area contributed by atoms with Crippen LogP contribution in [0.5, 0.6) is 0 Å². The van der Waals surface area contributed by atoms with Gasteiger partial charge in [-0.05, 0) is 56.9 Å². The summed E-state index contributed by atoms with van der Waals surface area (Å²) in [7, 11) is 0. The van der Waals surface area contributed by atoms with Crippen molar-refractivity contribution in [2.45, 2.75) is 57.0 Å². The Hall–Kier alpha value is -0.150. The molecule has 2 bridgehead atoms. The molecule has 4 atom stereocenters. The molecule has 4 saturated heterocycles. The summed E-state index contributed by atoms with van der Waals surface area (Å²) in [5.74, 6) is 1.83. The van der Waals surface area contributed by atoms with E-state index in [-0.39, 0.29) is 0 Å². The molecule has 4 aliphatic rings. The molecule has 0 N–H and O–H groups in total. The highest BCUT2D eigenvalue weighted by Gasteiger charge is 2.47. The quantitative estimate of drug-likeness (QED) is 0.621. The molecule has 2 nitrogen and oxygen atoms in total. The Balaban J connectivity index is 1.59.